The Morgan fingerprint density at radius 2 is 1.86 bits per heavy atom. The second-order valence-corrected chi connectivity index (χ2v) is 7.24. The number of rotatable bonds is 5. The standard InChI is InChI=1S/C21H22FN5O/c1-25-10-9-15(11-21(25)28)12-26(2)18-13-27(14-18)20-8-7-19(23-24-20)16-3-5-17(22)6-4-16/h3-11,18H,12-14H2,1-2H3. The lowest BCUT2D eigenvalue weighted by Gasteiger charge is -2.44. The van der Waals surface area contributed by atoms with E-state index in [4.69, 9.17) is 0 Å². The van der Waals surface area contributed by atoms with Gasteiger partial charge in [-0.25, -0.2) is 4.39 Å². The summed E-state index contributed by atoms with van der Waals surface area (Å²) in [7, 11) is 3.82. The van der Waals surface area contributed by atoms with Gasteiger partial charge in [0.1, 0.15) is 5.82 Å². The third-order valence-corrected chi connectivity index (χ3v) is 5.20. The van der Waals surface area contributed by atoms with E-state index in [2.05, 4.69) is 27.0 Å². The van der Waals surface area contributed by atoms with Crippen LogP contribution in [0.4, 0.5) is 10.2 Å². The van der Waals surface area contributed by atoms with Gasteiger partial charge in [-0.1, -0.05) is 0 Å². The Balaban J connectivity index is 1.34. The molecule has 6 nitrogen and oxygen atoms in total. The molecule has 0 radical (unpaired) electrons. The van der Waals surface area contributed by atoms with Crippen molar-refractivity contribution < 1.29 is 4.39 Å². The number of hydrogen-bond acceptors (Lipinski definition) is 5. The lowest BCUT2D eigenvalue weighted by molar-refractivity contribution is 0.196. The molecule has 1 aliphatic rings. The topological polar surface area (TPSA) is 54.3 Å². The molecule has 7 heteroatoms. The Hall–Kier alpha value is -3.06. The van der Waals surface area contributed by atoms with Crippen molar-refractivity contribution in [1.29, 1.82) is 0 Å². The van der Waals surface area contributed by atoms with E-state index in [1.807, 2.05) is 18.2 Å². The van der Waals surface area contributed by atoms with Gasteiger partial charge in [-0.15, -0.1) is 10.2 Å². The average Bonchev–Trinajstić information content (AvgIpc) is 2.65. The second-order valence-electron chi connectivity index (χ2n) is 7.24. The number of hydrogen-bond donors (Lipinski definition) is 0. The van der Waals surface area contributed by atoms with Gasteiger partial charge in [-0.2, -0.15) is 0 Å². The van der Waals surface area contributed by atoms with Gasteiger partial charge in [0.15, 0.2) is 5.82 Å². The summed E-state index contributed by atoms with van der Waals surface area (Å²) in [6.07, 6.45) is 1.80. The third kappa shape index (κ3) is 3.80. The van der Waals surface area contributed by atoms with Crippen molar-refractivity contribution in [2.45, 2.75) is 12.6 Å². The van der Waals surface area contributed by atoms with E-state index in [-0.39, 0.29) is 11.4 Å². The Morgan fingerprint density at radius 3 is 2.50 bits per heavy atom. The van der Waals surface area contributed by atoms with Crippen LogP contribution in [-0.2, 0) is 13.6 Å². The van der Waals surface area contributed by atoms with Crippen LogP contribution in [0.3, 0.4) is 0 Å². The molecule has 0 amide bonds. The van der Waals surface area contributed by atoms with E-state index in [1.165, 1.54) is 12.1 Å². The smallest absolute Gasteiger partial charge is 0.250 e. The maximum absolute atomic E-state index is 13.0. The molecule has 0 bridgehead atoms. The van der Waals surface area contributed by atoms with Crippen molar-refractivity contribution in [3.05, 3.63) is 76.5 Å². The van der Waals surface area contributed by atoms with Gasteiger partial charge in [-0.05, 0) is 55.1 Å². The number of aryl methyl sites for hydroxylation is 1. The fourth-order valence-corrected chi connectivity index (χ4v) is 3.29. The van der Waals surface area contributed by atoms with E-state index in [0.717, 1.165) is 42.3 Å². The zero-order valence-electron chi connectivity index (χ0n) is 15.9. The molecule has 0 saturated carbocycles. The van der Waals surface area contributed by atoms with Gasteiger partial charge >= 0.3 is 0 Å². The number of pyridine rings is 1. The van der Waals surface area contributed by atoms with Gasteiger partial charge in [0.2, 0.25) is 0 Å². The first-order valence-corrected chi connectivity index (χ1v) is 9.20. The summed E-state index contributed by atoms with van der Waals surface area (Å²) < 4.78 is 14.6. The lowest BCUT2D eigenvalue weighted by atomic mass is 10.1. The molecule has 2 aromatic heterocycles. The van der Waals surface area contributed by atoms with Crippen molar-refractivity contribution in [3.63, 3.8) is 0 Å². The quantitative estimate of drug-likeness (QED) is 0.681. The molecule has 0 atom stereocenters. The molecule has 3 aromatic rings. The molecule has 0 spiro atoms. The van der Waals surface area contributed by atoms with Crippen molar-refractivity contribution in [2.24, 2.45) is 7.05 Å². The van der Waals surface area contributed by atoms with Crippen LogP contribution in [0.5, 0.6) is 0 Å². The van der Waals surface area contributed by atoms with Crippen LogP contribution in [0.15, 0.2) is 59.5 Å². The fraction of sp³-hybridized carbons (Fsp3) is 0.286. The Morgan fingerprint density at radius 1 is 1.11 bits per heavy atom. The van der Waals surface area contributed by atoms with E-state index >= 15 is 0 Å². The maximum atomic E-state index is 13.0. The van der Waals surface area contributed by atoms with Crippen LogP contribution >= 0.6 is 0 Å². The Kier molecular flexibility index (Phi) is 4.92. The molecular formula is C21H22FN5O. The molecule has 4 rings (SSSR count). The highest BCUT2D eigenvalue weighted by Crippen LogP contribution is 2.24. The molecule has 0 aliphatic carbocycles. The highest BCUT2D eigenvalue weighted by atomic mass is 19.1. The van der Waals surface area contributed by atoms with E-state index < -0.39 is 0 Å². The monoisotopic (exact) mass is 379 g/mol. The van der Waals surface area contributed by atoms with Crippen LogP contribution in [0, 0.1) is 5.82 Å². The predicted molar refractivity (Wildman–Crippen MR) is 107 cm³/mol. The summed E-state index contributed by atoms with van der Waals surface area (Å²) in [6.45, 7) is 2.47. The predicted octanol–water partition coefficient (Wildman–Crippen LogP) is 2.30. The molecule has 0 unspecified atom stereocenters. The van der Waals surface area contributed by atoms with Crippen LogP contribution in [-0.4, -0.2) is 45.8 Å². The summed E-state index contributed by atoms with van der Waals surface area (Å²) in [6, 6.07) is 14.2. The van der Waals surface area contributed by atoms with Gasteiger partial charge in [-0.3, -0.25) is 9.69 Å². The van der Waals surface area contributed by atoms with E-state index in [0.29, 0.717) is 6.04 Å². The number of likely N-dealkylation sites (N-methyl/N-ethyl adjacent to an activating group) is 1. The Bertz CT molecular complexity index is 1010. The SMILES string of the molecule is CN(Cc1ccn(C)c(=O)c1)C1CN(c2ccc(-c3ccc(F)cc3)nn2)C1. The van der Waals surface area contributed by atoms with Gasteiger partial charge in [0, 0.05) is 50.6 Å². The summed E-state index contributed by atoms with van der Waals surface area (Å²) in [5.41, 5.74) is 2.60. The normalized spacial score (nSPS) is 14.4. The first kappa shape index (κ1) is 18.3. The minimum absolute atomic E-state index is 0.0117. The van der Waals surface area contributed by atoms with Gasteiger partial charge in [0.25, 0.3) is 5.56 Å². The van der Waals surface area contributed by atoms with Gasteiger partial charge < -0.3 is 9.47 Å². The molecule has 1 aliphatic heterocycles. The minimum atomic E-state index is -0.264. The summed E-state index contributed by atoms with van der Waals surface area (Å²) >= 11 is 0. The molecule has 0 N–H and O–H groups in total. The number of aromatic nitrogens is 3. The molecule has 1 aromatic carbocycles. The summed E-state index contributed by atoms with van der Waals surface area (Å²) in [4.78, 5) is 16.2. The van der Waals surface area contributed by atoms with Crippen molar-refractivity contribution >= 4 is 5.82 Å². The second kappa shape index (κ2) is 7.52. The van der Waals surface area contributed by atoms with Crippen LogP contribution in [0.2, 0.25) is 0 Å². The zero-order valence-corrected chi connectivity index (χ0v) is 15.9. The molecular weight excluding hydrogens is 357 g/mol. The minimum Gasteiger partial charge on any atom is -0.352 e. The average molecular weight is 379 g/mol. The van der Waals surface area contributed by atoms with Crippen molar-refractivity contribution in [3.8, 4) is 11.3 Å². The highest BCUT2D eigenvalue weighted by Gasteiger charge is 2.31. The number of nitrogens with zero attached hydrogens (tertiary/aromatic N) is 5. The van der Waals surface area contributed by atoms with E-state index in [1.54, 1.807) is 36.0 Å². The van der Waals surface area contributed by atoms with Crippen LogP contribution in [0.25, 0.3) is 11.3 Å². The molecule has 3 heterocycles. The van der Waals surface area contributed by atoms with Gasteiger partial charge in [0.05, 0.1) is 5.69 Å². The number of benzene rings is 1. The largest absolute Gasteiger partial charge is 0.352 e. The first-order chi connectivity index (χ1) is 13.5. The first-order valence-electron chi connectivity index (χ1n) is 9.20. The third-order valence-electron chi connectivity index (χ3n) is 5.20. The molecule has 1 fully saturated rings. The summed E-state index contributed by atoms with van der Waals surface area (Å²) in [5.74, 6) is 0.573. The summed E-state index contributed by atoms with van der Waals surface area (Å²) in [5, 5.41) is 8.59. The maximum Gasteiger partial charge on any atom is 0.250 e. The number of halogens is 1. The van der Waals surface area contributed by atoms with Crippen LogP contribution in [0.1, 0.15) is 5.56 Å². The Labute approximate surface area is 162 Å². The fourth-order valence-electron chi connectivity index (χ4n) is 3.29. The lowest BCUT2D eigenvalue weighted by Crippen LogP contribution is -2.58. The van der Waals surface area contributed by atoms with Crippen molar-refractivity contribution in [1.82, 2.24) is 19.7 Å². The molecule has 28 heavy (non-hydrogen) atoms. The molecule has 144 valence electrons. The van der Waals surface area contributed by atoms with Crippen LogP contribution < -0.4 is 10.5 Å². The van der Waals surface area contributed by atoms with E-state index in [9.17, 15) is 9.18 Å². The van der Waals surface area contributed by atoms with Crippen molar-refractivity contribution in [2.75, 3.05) is 25.0 Å². The molecule has 1 saturated heterocycles. The highest BCUT2D eigenvalue weighted by molar-refractivity contribution is 5.59. The number of anilines is 1. The zero-order chi connectivity index (χ0) is 19.7.